The number of nitrogens with one attached hydrogen (secondary N) is 3. The summed E-state index contributed by atoms with van der Waals surface area (Å²) in [6.07, 6.45) is 8.04. The second-order valence-electron chi connectivity index (χ2n) is 10.5. The van der Waals surface area contributed by atoms with Crippen LogP contribution in [0.3, 0.4) is 0 Å². The number of Topliss-reactive ketones (excluding diaryl/α,β-unsaturated/α-hetero) is 1. The van der Waals surface area contributed by atoms with Crippen LogP contribution in [0.5, 0.6) is 0 Å². The molecular formula is C29H36FN5O5. The Hall–Kier alpha value is -4.02. The zero-order valence-electron chi connectivity index (χ0n) is 22.8. The highest BCUT2D eigenvalue weighted by atomic mass is 19.1. The van der Waals surface area contributed by atoms with Crippen molar-refractivity contribution in [3.05, 3.63) is 59.9 Å². The summed E-state index contributed by atoms with van der Waals surface area (Å²) in [7, 11) is 0. The van der Waals surface area contributed by atoms with Crippen LogP contribution in [0.15, 0.2) is 42.9 Å². The van der Waals surface area contributed by atoms with E-state index >= 15 is 0 Å². The van der Waals surface area contributed by atoms with E-state index < -0.39 is 41.7 Å². The zero-order valence-corrected chi connectivity index (χ0v) is 22.8. The summed E-state index contributed by atoms with van der Waals surface area (Å²) in [6, 6.07) is 2.52. The molecule has 10 nitrogen and oxygen atoms in total. The fraction of sp³-hybridized carbons (Fsp3) is 0.483. The van der Waals surface area contributed by atoms with Gasteiger partial charge in [-0.2, -0.15) is 0 Å². The quantitative estimate of drug-likeness (QED) is 0.323. The number of carbonyl (C=O) groups is 5. The molecule has 3 amide bonds. The third kappa shape index (κ3) is 9.32. The third-order valence-corrected chi connectivity index (χ3v) is 6.82. The molecule has 1 heterocycles. The molecule has 3 N–H and O–H groups in total. The van der Waals surface area contributed by atoms with E-state index in [-0.39, 0.29) is 42.6 Å². The molecule has 0 bridgehead atoms. The predicted molar refractivity (Wildman–Crippen MR) is 144 cm³/mol. The minimum atomic E-state index is -1.12. The number of aldehydes is 1. The van der Waals surface area contributed by atoms with Crippen LogP contribution in [0.25, 0.3) is 0 Å². The van der Waals surface area contributed by atoms with Gasteiger partial charge in [-0.1, -0.05) is 32.4 Å². The van der Waals surface area contributed by atoms with Crippen molar-refractivity contribution in [1.82, 2.24) is 25.9 Å². The Morgan fingerprint density at radius 1 is 1.02 bits per heavy atom. The van der Waals surface area contributed by atoms with E-state index in [1.807, 2.05) is 13.8 Å². The van der Waals surface area contributed by atoms with Gasteiger partial charge in [-0.3, -0.25) is 24.2 Å². The second-order valence-corrected chi connectivity index (χ2v) is 10.5. The van der Waals surface area contributed by atoms with Crippen molar-refractivity contribution in [2.24, 2.45) is 11.8 Å². The van der Waals surface area contributed by atoms with Crippen LogP contribution in [0, 0.1) is 17.7 Å². The fourth-order valence-corrected chi connectivity index (χ4v) is 4.73. The first-order valence-corrected chi connectivity index (χ1v) is 13.6. The highest BCUT2D eigenvalue weighted by Crippen LogP contribution is 2.24. The minimum Gasteiger partial charge on any atom is -0.345 e. The van der Waals surface area contributed by atoms with Crippen LogP contribution >= 0.6 is 0 Å². The Morgan fingerprint density at radius 3 is 2.38 bits per heavy atom. The number of ketones is 1. The van der Waals surface area contributed by atoms with E-state index in [1.165, 1.54) is 42.9 Å². The molecule has 1 fully saturated rings. The van der Waals surface area contributed by atoms with Gasteiger partial charge in [0.1, 0.15) is 35.7 Å². The molecule has 1 saturated carbocycles. The summed E-state index contributed by atoms with van der Waals surface area (Å²) in [5.41, 5.74) is 0.589. The summed E-state index contributed by atoms with van der Waals surface area (Å²) in [6.45, 7) is 3.77. The predicted octanol–water partition coefficient (Wildman–Crippen LogP) is 2.32. The number of hydrogen-bond acceptors (Lipinski definition) is 7. The topological polar surface area (TPSA) is 147 Å². The number of benzene rings is 1. The van der Waals surface area contributed by atoms with Crippen molar-refractivity contribution in [3.8, 4) is 0 Å². The standard InChI is InChI=1S/C29H36FN5O5/c1-18(2)13-23(27(38)33-22(17-36)15-20-5-3-4-6-26(20)37)34-28(39)24(14-19-7-9-21(30)10-8-19)35-29(40)25-16-31-11-12-32-25/h7-12,16-18,20,22-24H,3-6,13-15H2,1-2H3,(H,33,38)(H,34,39)(H,35,40)/t20-,22-,23-,24-/m0/s1. The van der Waals surface area contributed by atoms with E-state index in [1.54, 1.807) is 0 Å². The Balaban J connectivity index is 1.74. The first-order chi connectivity index (χ1) is 19.2. The summed E-state index contributed by atoms with van der Waals surface area (Å²) < 4.78 is 13.4. The van der Waals surface area contributed by atoms with Gasteiger partial charge in [0.25, 0.3) is 5.91 Å². The van der Waals surface area contributed by atoms with Crippen LogP contribution < -0.4 is 16.0 Å². The molecule has 4 atom stereocenters. The number of amides is 3. The van der Waals surface area contributed by atoms with Crippen LogP contribution in [0.2, 0.25) is 0 Å². The van der Waals surface area contributed by atoms with E-state index in [0.29, 0.717) is 24.7 Å². The second kappa shape index (κ2) is 14.9. The lowest BCUT2D eigenvalue weighted by Crippen LogP contribution is -2.56. The molecule has 1 aliphatic carbocycles. The van der Waals surface area contributed by atoms with Gasteiger partial charge in [0.15, 0.2) is 0 Å². The Kier molecular flexibility index (Phi) is 11.4. The highest BCUT2D eigenvalue weighted by molar-refractivity contribution is 5.97. The number of halogens is 1. The van der Waals surface area contributed by atoms with Crippen molar-refractivity contribution < 1.29 is 28.4 Å². The Morgan fingerprint density at radius 2 is 1.75 bits per heavy atom. The molecule has 2 aromatic rings. The molecular weight excluding hydrogens is 517 g/mol. The largest absolute Gasteiger partial charge is 0.345 e. The van der Waals surface area contributed by atoms with E-state index in [0.717, 1.165) is 12.8 Å². The number of rotatable bonds is 13. The monoisotopic (exact) mass is 553 g/mol. The van der Waals surface area contributed by atoms with Crippen LogP contribution in [-0.2, 0) is 25.6 Å². The molecule has 11 heteroatoms. The molecule has 1 aliphatic rings. The van der Waals surface area contributed by atoms with Gasteiger partial charge >= 0.3 is 0 Å². The summed E-state index contributed by atoms with van der Waals surface area (Å²) in [5.74, 6) is -2.44. The lowest BCUT2D eigenvalue weighted by molar-refractivity contribution is -0.131. The Labute approximate surface area is 232 Å². The van der Waals surface area contributed by atoms with E-state index in [2.05, 4.69) is 25.9 Å². The number of carbonyl (C=O) groups excluding carboxylic acids is 5. The molecule has 1 aromatic heterocycles. The van der Waals surface area contributed by atoms with Gasteiger partial charge in [0, 0.05) is 31.2 Å². The molecule has 40 heavy (non-hydrogen) atoms. The first-order valence-electron chi connectivity index (χ1n) is 13.6. The normalized spacial score (nSPS) is 17.4. The summed E-state index contributed by atoms with van der Waals surface area (Å²) in [4.78, 5) is 71.4. The summed E-state index contributed by atoms with van der Waals surface area (Å²) >= 11 is 0. The molecule has 0 radical (unpaired) electrons. The number of aromatic nitrogens is 2. The van der Waals surface area contributed by atoms with E-state index in [4.69, 9.17) is 0 Å². The highest BCUT2D eigenvalue weighted by Gasteiger charge is 2.31. The fourth-order valence-electron chi connectivity index (χ4n) is 4.73. The van der Waals surface area contributed by atoms with Crippen molar-refractivity contribution >= 4 is 29.8 Å². The maximum Gasteiger partial charge on any atom is 0.272 e. The maximum atomic E-state index is 13.5. The lowest BCUT2D eigenvalue weighted by Gasteiger charge is -2.27. The SMILES string of the molecule is CC(C)C[C@H](NC(=O)[C@H](Cc1ccc(F)cc1)NC(=O)c1cnccn1)C(=O)N[C@H](C=O)C[C@@H]1CCCCC1=O. The lowest BCUT2D eigenvalue weighted by atomic mass is 9.84. The van der Waals surface area contributed by atoms with Gasteiger partial charge in [0.05, 0.1) is 12.2 Å². The Bertz CT molecular complexity index is 1180. The van der Waals surface area contributed by atoms with Gasteiger partial charge < -0.3 is 20.7 Å². The molecule has 0 unspecified atom stereocenters. The molecule has 3 rings (SSSR count). The van der Waals surface area contributed by atoms with Crippen molar-refractivity contribution in [2.45, 2.75) is 76.9 Å². The minimum absolute atomic E-state index is 0.00182. The molecule has 1 aromatic carbocycles. The van der Waals surface area contributed by atoms with E-state index in [9.17, 15) is 28.4 Å². The van der Waals surface area contributed by atoms with Crippen LogP contribution in [-0.4, -0.2) is 57.9 Å². The van der Waals surface area contributed by atoms with Gasteiger partial charge in [-0.15, -0.1) is 0 Å². The summed E-state index contributed by atoms with van der Waals surface area (Å²) in [5, 5.41) is 8.04. The van der Waals surface area contributed by atoms with Crippen molar-refractivity contribution in [3.63, 3.8) is 0 Å². The zero-order chi connectivity index (χ0) is 29.1. The third-order valence-electron chi connectivity index (χ3n) is 6.82. The molecule has 0 spiro atoms. The molecule has 0 aliphatic heterocycles. The average Bonchev–Trinajstić information content (AvgIpc) is 2.94. The molecule has 214 valence electrons. The smallest absolute Gasteiger partial charge is 0.272 e. The molecule has 0 saturated heterocycles. The van der Waals surface area contributed by atoms with Crippen molar-refractivity contribution in [2.75, 3.05) is 0 Å². The first kappa shape index (κ1) is 30.5. The van der Waals surface area contributed by atoms with Gasteiger partial charge in [0.2, 0.25) is 11.8 Å². The maximum absolute atomic E-state index is 13.5. The van der Waals surface area contributed by atoms with Gasteiger partial charge in [-0.05, 0) is 49.3 Å². The van der Waals surface area contributed by atoms with Crippen LogP contribution in [0.1, 0.15) is 68.4 Å². The van der Waals surface area contributed by atoms with Gasteiger partial charge in [-0.25, -0.2) is 9.37 Å². The van der Waals surface area contributed by atoms with Crippen molar-refractivity contribution in [1.29, 1.82) is 0 Å². The van der Waals surface area contributed by atoms with Crippen LogP contribution in [0.4, 0.5) is 4.39 Å². The number of hydrogen-bond donors (Lipinski definition) is 3. The number of nitrogens with zero attached hydrogens (tertiary/aromatic N) is 2. The average molecular weight is 554 g/mol.